The fourth-order valence-electron chi connectivity index (χ4n) is 2.69. The summed E-state index contributed by atoms with van der Waals surface area (Å²) in [5.41, 5.74) is 0.578. The molecule has 1 amide bonds. The van der Waals surface area contributed by atoms with Gasteiger partial charge in [0.2, 0.25) is 15.9 Å². The molecule has 0 saturated carbocycles. The Labute approximate surface area is 133 Å². The zero-order valence-corrected chi connectivity index (χ0v) is 14.5. The normalized spacial score (nSPS) is 17.5. The van der Waals surface area contributed by atoms with Crippen molar-refractivity contribution in [3.63, 3.8) is 0 Å². The molecule has 0 unspecified atom stereocenters. The second-order valence-electron chi connectivity index (χ2n) is 6.66. The van der Waals surface area contributed by atoms with Crippen LogP contribution >= 0.6 is 0 Å². The number of piperazine rings is 1. The van der Waals surface area contributed by atoms with E-state index >= 15 is 0 Å². The summed E-state index contributed by atoms with van der Waals surface area (Å²) in [5, 5.41) is 0. The molecule has 1 aliphatic heterocycles. The van der Waals surface area contributed by atoms with Crippen molar-refractivity contribution in [2.75, 3.05) is 26.2 Å². The SMILES string of the molecule is CC(=O)N1CCN(S(=O)(=O)c2ccccc2C(C)(C)C)CC1. The Hall–Kier alpha value is -1.40. The van der Waals surface area contributed by atoms with Gasteiger partial charge in [-0.15, -0.1) is 0 Å². The van der Waals surface area contributed by atoms with Gasteiger partial charge in [-0.2, -0.15) is 4.31 Å². The molecule has 1 aromatic rings. The molecule has 22 heavy (non-hydrogen) atoms. The van der Waals surface area contributed by atoms with Crippen molar-refractivity contribution in [1.29, 1.82) is 0 Å². The van der Waals surface area contributed by atoms with Gasteiger partial charge in [0, 0.05) is 33.1 Å². The molecule has 1 aromatic carbocycles. The third-order valence-corrected chi connectivity index (χ3v) is 5.95. The lowest BCUT2D eigenvalue weighted by Gasteiger charge is -2.34. The van der Waals surface area contributed by atoms with Gasteiger partial charge in [-0.3, -0.25) is 4.79 Å². The van der Waals surface area contributed by atoms with Crippen molar-refractivity contribution in [1.82, 2.24) is 9.21 Å². The summed E-state index contributed by atoms with van der Waals surface area (Å²) in [6.07, 6.45) is 0. The lowest BCUT2D eigenvalue weighted by Crippen LogP contribution is -2.50. The molecule has 1 aliphatic rings. The molecule has 5 nitrogen and oxygen atoms in total. The summed E-state index contributed by atoms with van der Waals surface area (Å²) < 4.78 is 27.4. The van der Waals surface area contributed by atoms with Gasteiger partial charge in [-0.1, -0.05) is 39.0 Å². The Kier molecular flexibility index (Phi) is 4.63. The number of sulfonamides is 1. The molecular formula is C16H24N2O3S. The highest BCUT2D eigenvalue weighted by Crippen LogP contribution is 2.30. The van der Waals surface area contributed by atoms with E-state index in [4.69, 9.17) is 0 Å². The quantitative estimate of drug-likeness (QED) is 0.834. The first-order valence-electron chi connectivity index (χ1n) is 7.49. The van der Waals surface area contributed by atoms with Gasteiger partial charge in [-0.25, -0.2) is 8.42 Å². The summed E-state index contributed by atoms with van der Waals surface area (Å²) in [6, 6.07) is 7.17. The fraction of sp³-hybridized carbons (Fsp3) is 0.562. The largest absolute Gasteiger partial charge is 0.340 e. The van der Waals surface area contributed by atoms with Crippen molar-refractivity contribution in [3.8, 4) is 0 Å². The number of nitrogens with zero attached hydrogens (tertiary/aromatic N) is 2. The summed E-state index contributed by atoms with van der Waals surface area (Å²) >= 11 is 0. The summed E-state index contributed by atoms with van der Waals surface area (Å²) in [7, 11) is -3.53. The van der Waals surface area contributed by atoms with Crippen LogP contribution in [-0.4, -0.2) is 49.7 Å². The fourth-order valence-corrected chi connectivity index (χ4v) is 4.52. The van der Waals surface area contributed by atoms with Gasteiger partial charge in [0.1, 0.15) is 0 Å². The minimum Gasteiger partial charge on any atom is -0.340 e. The predicted molar refractivity (Wildman–Crippen MR) is 86.2 cm³/mol. The van der Waals surface area contributed by atoms with Gasteiger partial charge < -0.3 is 4.90 Å². The van der Waals surface area contributed by atoms with Gasteiger partial charge in [-0.05, 0) is 17.0 Å². The predicted octanol–water partition coefficient (Wildman–Crippen LogP) is 1.84. The van der Waals surface area contributed by atoms with Crippen LogP contribution in [0.5, 0.6) is 0 Å². The van der Waals surface area contributed by atoms with E-state index in [-0.39, 0.29) is 11.3 Å². The topological polar surface area (TPSA) is 57.7 Å². The lowest BCUT2D eigenvalue weighted by atomic mass is 9.87. The van der Waals surface area contributed by atoms with Crippen LogP contribution < -0.4 is 0 Å². The Bertz CT molecular complexity index is 654. The average molecular weight is 324 g/mol. The van der Waals surface area contributed by atoms with Crippen molar-refractivity contribution in [3.05, 3.63) is 29.8 Å². The number of amides is 1. The highest BCUT2D eigenvalue weighted by molar-refractivity contribution is 7.89. The first-order valence-corrected chi connectivity index (χ1v) is 8.93. The van der Waals surface area contributed by atoms with Gasteiger partial charge >= 0.3 is 0 Å². The van der Waals surface area contributed by atoms with E-state index < -0.39 is 10.0 Å². The maximum absolute atomic E-state index is 13.0. The van der Waals surface area contributed by atoms with E-state index in [1.807, 2.05) is 32.9 Å². The van der Waals surface area contributed by atoms with Crippen LogP contribution in [0.3, 0.4) is 0 Å². The Balaban J connectivity index is 2.31. The Morgan fingerprint density at radius 1 is 1.05 bits per heavy atom. The molecule has 1 heterocycles. The van der Waals surface area contributed by atoms with Crippen LogP contribution in [0.4, 0.5) is 0 Å². The number of rotatable bonds is 2. The van der Waals surface area contributed by atoms with Crippen molar-refractivity contribution >= 4 is 15.9 Å². The van der Waals surface area contributed by atoms with E-state index in [9.17, 15) is 13.2 Å². The Morgan fingerprint density at radius 3 is 2.09 bits per heavy atom. The summed E-state index contributed by atoms with van der Waals surface area (Å²) in [5.74, 6) is -0.00728. The third-order valence-electron chi connectivity index (χ3n) is 4.00. The molecule has 6 heteroatoms. The molecule has 0 spiro atoms. The van der Waals surface area contributed by atoms with Crippen molar-refractivity contribution < 1.29 is 13.2 Å². The van der Waals surface area contributed by atoms with Crippen LogP contribution in [0.15, 0.2) is 29.2 Å². The molecule has 2 rings (SSSR count). The van der Waals surface area contributed by atoms with E-state index in [1.54, 1.807) is 17.0 Å². The van der Waals surface area contributed by atoms with Gasteiger partial charge in [0.15, 0.2) is 0 Å². The zero-order chi connectivity index (χ0) is 16.5. The summed E-state index contributed by atoms with van der Waals surface area (Å²) in [6.45, 7) is 9.14. The molecular weight excluding hydrogens is 300 g/mol. The maximum Gasteiger partial charge on any atom is 0.243 e. The van der Waals surface area contributed by atoms with Crippen LogP contribution in [0.1, 0.15) is 33.3 Å². The van der Waals surface area contributed by atoms with E-state index in [1.165, 1.54) is 11.2 Å². The smallest absolute Gasteiger partial charge is 0.243 e. The van der Waals surface area contributed by atoms with Gasteiger partial charge in [0.05, 0.1) is 4.90 Å². The third kappa shape index (κ3) is 3.33. The second kappa shape index (κ2) is 6.01. The monoisotopic (exact) mass is 324 g/mol. The van der Waals surface area contributed by atoms with Crippen LogP contribution in [-0.2, 0) is 20.2 Å². The molecule has 1 saturated heterocycles. The van der Waals surface area contributed by atoms with Crippen LogP contribution in [0, 0.1) is 0 Å². The van der Waals surface area contributed by atoms with Crippen LogP contribution in [0.2, 0.25) is 0 Å². The number of hydrogen-bond acceptors (Lipinski definition) is 3. The van der Waals surface area contributed by atoms with Crippen molar-refractivity contribution in [2.24, 2.45) is 0 Å². The Morgan fingerprint density at radius 2 is 1.59 bits per heavy atom. The zero-order valence-electron chi connectivity index (χ0n) is 13.7. The summed E-state index contributed by atoms with van der Waals surface area (Å²) in [4.78, 5) is 13.4. The number of carbonyl (C=O) groups excluding carboxylic acids is 1. The highest BCUT2D eigenvalue weighted by Gasteiger charge is 2.32. The molecule has 0 aromatic heterocycles. The number of hydrogen-bond donors (Lipinski definition) is 0. The first-order chi connectivity index (χ1) is 10.1. The van der Waals surface area contributed by atoms with Crippen LogP contribution in [0.25, 0.3) is 0 Å². The first kappa shape index (κ1) is 17.0. The molecule has 122 valence electrons. The van der Waals surface area contributed by atoms with E-state index in [0.29, 0.717) is 31.1 Å². The van der Waals surface area contributed by atoms with E-state index in [2.05, 4.69) is 0 Å². The average Bonchev–Trinajstić information content (AvgIpc) is 2.46. The maximum atomic E-state index is 13.0. The molecule has 0 radical (unpaired) electrons. The molecule has 0 atom stereocenters. The van der Waals surface area contributed by atoms with Crippen molar-refractivity contribution in [2.45, 2.75) is 38.0 Å². The minimum absolute atomic E-state index is 0.00728. The molecule has 1 fully saturated rings. The molecule has 0 aliphatic carbocycles. The second-order valence-corrected chi connectivity index (χ2v) is 8.56. The highest BCUT2D eigenvalue weighted by atomic mass is 32.2. The van der Waals surface area contributed by atoms with E-state index in [0.717, 1.165) is 5.56 Å². The standard InChI is InChI=1S/C16H24N2O3S/c1-13(19)17-9-11-18(12-10-17)22(20,21)15-8-6-5-7-14(15)16(2,3)4/h5-8H,9-12H2,1-4H3. The molecule has 0 bridgehead atoms. The lowest BCUT2D eigenvalue weighted by molar-refractivity contribution is -0.129. The number of benzene rings is 1. The number of carbonyl (C=O) groups is 1. The van der Waals surface area contributed by atoms with Gasteiger partial charge in [0.25, 0.3) is 0 Å². The molecule has 0 N–H and O–H groups in total. The minimum atomic E-state index is -3.53.